The maximum Gasteiger partial charge on any atom is 0.226 e. The van der Waals surface area contributed by atoms with Gasteiger partial charge in [-0.2, -0.15) is 0 Å². The standard InChI is InChI=1S/C13H22N4OS.ClH/c1-13(2,3)11-16-17-12(19-11)15-10(18)7-8-5-4-6-9(8)14;/h8-9H,4-7,14H2,1-3H3,(H,15,17,18);1H/t8-,9+;/m0./s1. The van der Waals surface area contributed by atoms with Crippen LogP contribution >= 0.6 is 23.7 Å². The van der Waals surface area contributed by atoms with Crippen molar-refractivity contribution in [2.75, 3.05) is 5.32 Å². The van der Waals surface area contributed by atoms with Gasteiger partial charge in [0.25, 0.3) is 0 Å². The van der Waals surface area contributed by atoms with Gasteiger partial charge in [0.2, 0.25) is 11.0 Å². The lowest BCUT2D eigenvalue weighted by atomic mass is 9.98. The molecule has 0 spiro atoms. The van der Waals surface area contributed by atoms with Crippen molar-refractivity contribution in [3.63, 3.8) is 0 Å². The van der Waals surface area contributed by atoms with Crippen molar-refractivity contribution in [3.8, 4) is 0 Å². The molecule has 1 aliphatic carbocycles. The highest BCUT2D eigenvalue weighted by Gasteiger charge is 2.26. The Morgan fingerprint density at radius 3 is 2.60 bits per heavy atom. The zero-order chi connectivity index (χ0) is 14.0. The first kappa shape index (κ1) is 17.3. The first-order valence-electron chi connectivity index (χ1n) is 6.75. The van der Waals surface area contributed by atoms with E-state index < -0.39 is 0 Å². The quantitative estimate of drug-likeness (QED) is 0.898. The van der Waals surface area contributed by atoms with Gasteiger partial charge in [0.05, 0.1) is 0 Å². The topological polar surface area (TPSA) is 80.9 Å². The van der Waals surface area contributed by atoms with Gasteiger partial charge < -0.3 is 11.1 Å². The third kappa shape index (κ3) is 4.40. The second-order valence-corrected chi connectivity index (χ2v) is 7.25. The molecule has 1 aromatic heterocycles. The van der Waals surface area contributed by atoms with E-state index in [2.05, 4.69) is 36.3 Å². The van der Waals surface area contributed by atoms with Crippen LogP contribution in [0.4, 0.5) is 5.13 Å². The van der Waals surface area contributed by atoms with Crippen LogP contribution in [0.3, 0.4) is 0 Å². The van der Waals surface area contributed by atoms with Crippen LogP contribution in [0, 0.1) is 5.92 Å². The molecule has 0 radical (unpaired) electrons. The van der Waals surface area contributed by atoms with E-state index in [-0.39, 0.29) is 29.8 Å². The first-order valence-corrected chi connectivity index (χ1v) is 7.57. The molecule has 0 saturated heterocycles. The Hall–Kier alpha value is -0.720. The van der Waals surface area contributed by atoms with E-state index >= 15 is 0 Å². The molecule has 1 aromatic rings. The molecule has 2 rings (SSSR count). The van der Waals surface area contributed by atoms with Gasteiger partial charge in [-0.15, -0.1) is 22.6 Å². The number of halogens is 1. The molecule has 5 nitrogen and oxygen atoms in total. The normalized spacial score (nSPS) is 22.4. The van der Waals surface area contributed by atoms with Gasteiger partial charge in [-0.3, -0.25) is 4.79 Å². The van der Waals surface area contributed by atoms with Gasteiger partial charge in [0, 0.05) is 17.9 Å². The fourth-order valence-electron chi connectivity index (χ4n) is 2.30. The molecule has 1 aliphatic rings. The zero-order valence-electron chi connectivity index (χ0n) is 12.2. The SMILES string of the molecule is CC(C)(C)c1nnc(NC(=O)C[C@@H]2CCC[C@H]2N)s1.Cl. The minimum atomic E-state index is -0.0333. The maximum atomic E-state index is 11.9. The van der Waals surface area contributed by atoms with Crippen LogP contribution < -0.4 is 11.1 Å². The molecule has 1 heterocycles. The molecule has 114 valence electrons. The van der Waals surface area contributed by atoms with Crippen molar-refractivity contribution >= 4 is 34.8 Å². The van der Waals surface area contributed by atoms with Crippen LogP contribution in [0.15, 0.2) is 0 Å². The average Bonchev–Trinajstić information content (AvgIpc) is 2.88. The number of nitrogens with two attached hydrogens (primary N) is 1. The van der Waals surface area contributed by atoms with E-state index in [4.69, 9.17) is 5.73 Å². The van der Waals surface area contributed by atoms with Gasteiger partial charge in [-0.25, -0.2) is 0 Å². The Morgan fingerprint density at radius 1 is 1.40 bits per heavy atom. The van der Waals surface area contributed by atoms with E-state index in [9.17, 15) is 4.79 Å². The zero-order valence-corrected chi connectivity index (χ0v) is 13.8. The lowest BCUT2D eigenvalue weighted by molar-refractivity contribution is -0.117. The van der Waals surface area contributed by atoms with E-state index in [0.29, 0.717) is 17.5 Å². The van der Waals surface area contributed by atoms with Gasteiger partial charge in [0.15, 0.2) is 0 Å². The van der Waals surface area contributed by atoms with Crippen LogP contribution in [0.25, 0.3) is 0 Å². The summed E-state index contributed by atoms with van der Waals surface area (Å²) in [4.78, 5) is 11.9. The highest BCUT2D eigenvalue weighted by atomic mass is 35.5. The Balaban J connectivity index is 0.00000200. The summed E-state index contributed by atoms with van der Waals surface area (Å²) in [6.45, 7) is 6.24. The molecule has 7 heteroatoms. The third-order valence-electron chi connectivity index (χ3n) is 3.48. The van der Waals surface area contributed by atoms with Crippen molar-refractivity contribution in [1.82, 2.24) is 10.2 Å². The molecule has 1 saturated carbocycles. The molecule has 0 bridgehead atoms. The highest BCUT2D eigenvalue weighted by Crippen LogP contribution is 2.29. The van der Waals surface area contributed by atoms with Crippen molar-refractivity contribution < 1.29 is 4.79 Å². The number of hydrogen-bond donors (Lipinski definition) is 2. The van der Waals surface area contributed by atoms with Crippen molar-refractivity contribution in [2.45, 2.75) is 57.9 Å². The lowest BCUT2D eigenvalue weighted by Crippen LogP contribution is -2.28. The number of rotatable bonds is 3. The Labute approximate surface area is 130 Å². The van der Waals surface area contributed by atoms with Crippen LogP contribution in [-0.4, -0.2) is 22.1 Å². The van der Waals surface area contributed by atoms with E-state index in [1.807, 2.05) is 0 Å². The maximum absolute atomic E-state index is 11.9. The number of carbonyl (C=O) groups excluding carboxylic acids is 1. The minimum Gasteiger partial charge on any atom is -0.327 e. The summed E-state index contributed by atoms with van der Waals surface area (Å²) in [6, 6.07) is 0.172. The number of amides is 1. The number of nitrogens with one attached hydrogen (secondary N) is 1. The molecular weight excluding hydrogens is 296 g/mol. The smallest absolute Gasteiger partial charge is 0.226 e. The second kappa shape index (κ2) is 6.83. The molecule has 3 N–H and O–H groups in total. The van der Waals surface area contributed by atoms with E-state index in [1.165, 1.54) is 11.3 Å². The Morgan fingerprint density at radius 2 is 2.10 bits per heavy atom. The van der Waals surface area contributed by atoms with Crippen LogP contribution in [0.1, 0.15) is 51.5 Å². The van der Waals surface area contributed by atoms with Gasteiger partial charge in [-0.05, 0) is 18.8 Å². The lowest BCUT2D eigenvalue weighted by Gasteiger charge is -2.14. The van der Waals surface area contributed by atoms with Crippen molar-refractivity contribution in [1.29, 1.82) is 0 Å². The fraction of sp³-hybridized carbons (Fsp3) is 0.769. The third-order valence-corrected chi connectivity index (χ3v) is 4.74. The average molecular weight is 319 g/mol. The summed E-state index contributed by atoms with van der Waals surface area (Å²) in [7, 11) is 0. The summed E-state index contributed by atoms with van der Waals surface area (Å²) in [5.41, 5.74) is 5.94. The fourth-order valence-corrected chi connectivity index (χ4v) is 3.12. The van der Waals surface area contributed by atoms with Gasteiger partial charge in [0.1, 0.15) is 5.01 Å². The van der Waals surface area contributed by atoms with Gasteiger partial charge >= 0.3 is 0 Å². The molecule has 0 unspecified atom stereocenters. The van der Waals surface area contributed by atoms with Crippen molar-refractivity contribution in [3.05, 3.63) is 5.01 Å². The predicted octanol–water partition coefficient (Wildman–Crippen LogP) is 2.71. The summed E-state index contributed by atoms with van der Waals surface area (Å²) < 4.78 is 0. The Bertz CT molecular complexity index is 457. The second-order valence-electron chi connectivity index (χ2n) is 6.27. The first-order chi connectivity index (χ1) is 8.86. The highest BCUT2D eigenvalue weighted by molar-refractivity contribution is 7.15. The van der Waals surface area contributed by atoms with Crippen LogP contribution in [-0.2, 0) is 10.2 Å². The van der Waals surface area contributed by atoms with Crippen LogP contribution in [0.2, 0.25) is 0 Å². The number of hydrogen-bond acceptors (Lipinski definition) is 5. The predicted molar refractivity (Wildman–Crippen MR) is 84.4 cm³/mol. The number of carbonyl (C=O) groups is 1. The van der Waals surface area contributed by atoms with E-state index in [0.717, 1.165) is 24.3 Å². The summed E-state index contributed by atoms with van der Waals surface area (Å²) in [5.74, 6) is 0.314. The van der Waals surface area contributed by atoms with Crippen molar-refractivity contribution in [2.24, 2.45) is 11.7 Å². The monoisotopic (exact) mass is 318 g/mol. The summed E-state index contributed by atoms with van der Waals surface area (Å²) in [6.07, 6.45) is 3.71. The van der Waals surface area contributed by atoms with E-state index in [1.54, 1.807) is 0 Å². The number of anilines is 1. The molecular formula is C13H23ClN4OS. The molecule has 20 heavy (non-hydrogen) atoms. The number of nitrogens with zero attached hydrogens (tertiary/aromatic N) is 2. The molecule has 2 atom stereocenters. The molecule has 0 aliphatic heterocycles. The number of aromatic nitrogens is 2. The van der Waals surface area contributed by atoms with Crippen LogP contribution in [0.5, 0.6) is 0 Å². The minimum absolute atomic E-state index is 0. The summed E-state index contributed by atoms with van der Waals surface area (Å²) in [5, 5.41) is 12.5. The molecule has 0 aromatic carbocycles. The Kier molecular flexibility index (Phi) is 5.91. The largest absolute Gasteiger partial charge is 0.327 e. The summed E-state index contributed by atoms with van der Waals surface area (Å²) >= 11 is 1.44. The molecule has 1 amide bonds. The molecule has 1 fully saturated rings. The van der Waals surface area contributed by atoms with Gasteiger partial charge in [-0.1, -0.05) is 38.5 Å².